The Bertz CT molecular complexity index is 162. The minimum absolute atomic E-state index is 0.241. The predicted molar refractivity (Wildman–Crippen MR) is 35.2 cm³/mol. The second-order valence-electron chi connectivity index (χ2n) is 2.06. The second-order valence-corrected chi connectivity index (χ2v) is 2.06. The van der Waals surface area contributed by atoms with Crippen LogP contribution in [0.4, 0.5) is 4.39 Å². The van der Waals surface area contributed by atoms with Crippen LogP contribution in [0.5, 0.6) is 0 Å². The van der Waals surface area contributed by atoms with Gasteiger partial charge in [-0.05, 0) is 12.8 Å². The van der Waals surface area contributed by atoms with Gasteiger partial charge in [0.1, 0.15) is 0 Å². The highest BCUT2D eigenvalue weighted by Gasteiger charge is 1.89. The van der Waals surface area contributed by atoms with E-state index in [0.717, 1.165) is 13.0 Å². The smallest absolute Gasteiger partial charge is 0.0895 e. The molecule has 0 aromatic carbocycles. The zero-order valence-corrected chi connectivity index (χ0v) is 5.70. The fourth-order valence-electron chi connectivity index (χ4n) is 0.720. The van der Waals surface area contributed by atoms with Crippen LogP contribution in [0.2, 0.25) is 0 Å². The molecule has 0 amide bonds. The van der Waals surface area contributed by atoms with Crippen molar-refractivity contribution in [2.24, 2.45) is 0 Å². The number of nitrogens with zero attached hydrogens (tertiary/aromatic N) is 3. The van der Waals surface area contributed by atoms with E-state index >= 15 is 0 Å². The summed E-state index contributed by atoms with van der Waals surface area (Å²) in [5, 5.41) is 7.35. The number of halogens is 1. The Morgan fingerprint density at radius 1 is 1.40 bits per heavy atom. The molecule has 0 atom stereocenters. The van der Waals surface area contributed by atoms with Gasteiger partial charge in [-0.15, -0.1) is 5.10 Å². The molecule has 1 heterocycles. The summed E-state index contributed by atoms with van der Waals surface area (Å²) in [5.74, 6) is 0. The molecular weight excluding hydrogens is 133 g/mol. The molecule has 0 N–H and O–H groups in total. The molecule has 0 bridgehead atoms. The molecule has 10 heavy (non-hydrogen) atoms. The van der Waals surface area contributed by atoms with Gasteiger partial charge in [-0.3, -0.25) is 9.07 Å². The number of hydrogen-bond donors (Lipinski definition) is 0. The predicted octanol–water partition coefficient (Wildman–Crippen LogP) is 1.03. The average Bonchev–Trinajstić information content (AvgIpc) is 2.41. The third-order valence-electron chi connectivity index (χ3n) is 1.24. The minimum atomic E-state index is -0.241. The van der Waals surface area contributed by atoms with Gasteiger partial charge < -0.3 is 0 Å². The highest BCUT2D eigenvalue weighted by molar-refractivity contribution is 4.63. The number of rotatable bonds is 4. The normalized spacial score (nSPS) is 10.1. The number of alkyl halides is 1. The van der Waals surface area contributed by atoms with Gasteiger partial charge >= 0.3 is 0 Å². The summed E-state index contributed by atoms with van der Waals surface area (Å²) in [4.78, 5) is 0. The quantitative estimate of drug-likeness (QED) is 0.589. The van der Waals surface area contributed by atoms with Gasteiger partial charge in [0.15, 0.2) is 0 Å². The number of hydrogen-bond acceptors (Lipinski definition) is 2. The van der Waals surface area contributed by atoms with Crippen molar-refractivity contribution >= 4 is 0 Å². The molecule has 0 radical (unpaired) electrons. The maximum atomic E-state index is 11.6. The molecular formula is C6H10FN3. The van der Waals surface area contributed by atoms with E-state index < -0.39 is 0 Å². The van der Waals surface area contributed by atoms with Crippen molar-refractivity contribution in [3.05, 3.63) is 12.4 Å². The first-order valence-corrected chi connectivity index (χ1v) is 3.33. The van der Waals surface area contributed by atoms with E-state index in [1.807, 2.05) is 0 Å². The van der Waals surface area contributed by atoms with E-state index in [0.29, 0.717) is 6.42 Å². The Morgan fingerprint density at radius 2 is 2.30 bits per heavy atom. The maximum absolute atomic E-state index is 11.6. The van der Waals surface area contributed by atoms with Gasteiger partial charge in [-0.25, -0.2) is 0 Å². The highest BCUT2D eigenvalue weighted by Crippen LogP contribution is 1.92. The van der Waals surface area contributed by atoms with Crippen LogP contribution in [0, 0.1) is 0 Å². The lowest BCUT2D eigenvalue weighted by atomic mass is 10.3. The molecule has 0 aliphatic rings. The zero-order valence-electron chi connectivity index (χ0n) is 5.70. The molecule has 1 rings (SSSR count). The molecule has 0 aliphatic heterocycles. The van der Waals surface area contributed by atoms with Crippen molar-refractivity contribution in [2.45, 2.75) is 19.4 Å². The summed E-state index contributed by atoms with van der Waals surface area (Å²) in [6.45, 7) is 0.526. The Kier molecular flexibility index (Phi) is 2.86. The molecule has 4 heteroatoms. The Labute approximate surface area is 58.9 Å². The van der Waals surface area contributed by atoms with Crippen LogP contribution in [-0.4, -0.2) is 21.7 Å². The van der Waals surface area contributed by atoms with Gasteiger partial charge in [0.05, 0.1) is 12.9 Å². The molecule has 0 spiro atoms. The van der Waals surface area contributed by atoms with Crippen molar-refractivity contribution in [1.29, 1.82) is 0 Å². The summed E-state index contributed by atoms with van der Waals surface area (Å²) >= 11 is 0. The molecule has 56 valence electrons. The summed E-state index contributed by atoms with van der Waals surface area (Å²) in [6.07, 6.45) is 4.84. The van der Waals surface area contributed by atoms with Crippen molar-refractivity contribution in [2.75, 3.05) is 6.67 Å². The van der Waals surface area contributed by atoms with Crippen LogP contribution >= 0.6 is 0 Å². The van der Waals surface area contributed by atoms with E-state index in [1.54, 1.807) is 17.1 Å². The van der Waals surface area contributed by atoms with Crippen molar-refractivity contribution in [3.8, 4) is 0 Å². The van der Waals surface area contributed by atoms with Crippen LogP contribution in [-0.2, 0) is 6.54 Å². The Balaban J connectivity index is 2.15. The van der Waals surface area contributed by atoms with Crippen LogP contribution < -0.4 is 0 Å². The van der Waals surface area contributed by atoms with Crippen molar-refractivity contribution < 1.29 is 4.39 Å². The zero-order chi connectivity index (χ0) is 7.23. The maximum Gasteiger partial charge on any atom is 0.0895 e. The van der Waals surface area contributed by atoms with Gasteiger partial charge in [0.25, 0.3) is 0 Å². The summed E-state index contributed by atoms with van der Waals surface area (Å²) < 4.78 is 13.3. The van der Waals surface area contributed by atoms with Gasteiger partial charge in [0, 0.05) is 12.7 Å². The van der Waals surface area contributed by atoms with Crippen LogP contribution in [0.15, 0.2) is 12.4 Å². The third kappa shape index (κ3) is 2.13. The van der Waals surface area contributed by atoms with Crippen LogP contribution in [0.1, 0.15) is 12.8 Å². The van der Waals surface area contributed by atoms with E-state index in [4.69, 9.17) is 0 Å². The minimum Gasteiger partial charge on any atom is -0.253 e. The SMILES string of the molecule is FCCCCn1ccnn1. The fraction of sp³-hybridized carbons (Fsp3) is 0.667. The first kappa shape index (κ1) is 7.18. The van der Waals surface area contributed by atoms with E-state index in [2.05, 4.69) is 10.3 Å². The number of aromatic nitrogens is 3. The molecule has 0 saturated carbocycles. The lowest BCUT2D eigenvalue weighted by Crippen LogP contribution is -1.98. The molecule has 3 nitrogen and oxygen atoms in total. The van der Waals surface area contributed by atoms with E-state index in [-0.39, 0.29) is 6.67 Å². The topological polar surface area (TPSA) is 30.7 Å². The standard InChI is InChI=1S/C6H10FN3/c7-3-1-2-5-10-6-4-8-9-10/h4,6H,1-3,5H2. The second kappa shape index (κ2) is 3.98. The van der Waals surface area contributed by atoms with Gasteiger partial charge in [-0.2, -0.15) is 0 Å². The number of aryl methyl sites for hydroxylation is 1. The monoisotopic (exact) mass is 143 g/mol. The van der Waals surface area contributed by atoms with Gasteiger partial charge in [0.2, 0.25) is 0 Å². The van der Waals surface area contributed by atoms with Crippen molar-refractivity contribution in [3.63, 3.8) is 0 Å². The lowest BCUT2D eigenvalue weighted by molar-refractivity contribution is 0.437. The first-order valence-electron chi connectivity index (χ1n) is 3.33. The third-order valence-corrected chi connectivity index (χ3v) is 1.24. The highest BCUT2D eigenvalue weighted by atomic mass is 19.1. The Hall–Kier alpha value is -0.930. The molecule has 0 aliphatic carbocycles. The number of unbranched alkanes of at least 4 members (excludes halogenated alkanes) is 1. The van der Waals surface area contributed by atoms with Crippen LogP contribution in [0.3, 0.4) is 0 Å². The summed E-state index contributed by atoms with van der Waals surface area (Å²) in [6, 6.07) is 0. The van der Waals surface area contributed by atoms with E-state index in [9.17, 15) is 4.39 Å². The molecule has 0 fully saturated rings. The first-order chi connectivity index (χ1) is 4.93. The Morgan fingerprint density at radius 3 is 2.90 bits per heavy atom. The molecule has 0 saturated heterocycles. The largest absolute Gasteiger partial charge is 0.253 e. The molecule has 1 aromatic rings. The van der Waals surface area contributed by atoms with Gasteiger partial charge in [-0.1, -0.05) is 5.21 Å². The molecule has 1 aromatic heterocycles. The summed E-state index contributed by atoms with van der Waals surface area (Å²) in [7, 11) is 0. The lowest BCUT2D eigenvalue weighted by Gasteiger charge is -1.95. The van der Waals surface area contributed by atoms with Crippen molar-refractivity contribution in [1.82, 2.24) is 15.0 Å². The average molecular weight is 143 g/mol. The summed E-state index contributed by atoms with van der Waals surface area (Å²) in [5.41, 5.74) is 0. The van der Waals surface area contributed by atoms with Crippen LogP contribution in [0.25, 0.3) is 0 Å². The molecule has 0 unspecified atom stereocenters. The fourth-order valence-corrected chi connectivity index (χ4v) is 0.720. The van der Waals surface area contributed by atoms with E-state index in [1.165, 1.54) is 0 Å².